The molecule has 0 saturated carbocycles. The van der Waals surface area contributed by atoms with E-state index in [9.17, 15) is 4.79 Å². The molecule has 0 spiro atoms. The van der Waals surface area contributed by atoms with E-state index < -0.39 is 0 Å². The molecule has 1 amide bonds. The molecule has 0 saturated heterocycles. The Bertz CT molecular complexity index is 529. The Kier molecular flexibility index (Phi) is 5.06. The highest BCUT2D eigenvalue weighted by molar-refractivity contribution is 8.13. The molecular formula is C15H20N2O2S. The van der Waals surface area contributed by atoms with Crippen LogP contribution in [0, 0.1) is 13.8 Å². The highest BCUT2D eigenvalue weighted by Gasteiger charge is 2.25. The molecule has 4 nitrogen and oxygen atoms in total. The summed E-state index contributed by atoms with van der Waals surface area (Å²) in [6.45, 7) is 7.68. The van der Waals surface area contributed by atoms with E-state index in [0.717, 1.165) is 10.9 Å². The van der Waals surface area contributed by atoms with Crippen molar-refractivity contribution in [1.82, 2.24) is 4.90 Å². The van der Waals surface area contributed by atoms with Crippen LogP contribution in [0.1, 0.15) is 23.6 Å². The zero-order valence-corrected chi connectivity index (χ0v) is 13.0. The van der Waals surface area contributed by atoms with Crippen molar-refractivity contribution in [3.8, 4) is 0 Å². The van der Waals surface area contributed by atoms with Crippen molar-refractivity contribution in [3.63, 3.8) is 0 Å². The van der Waals surface area contributed by atoms with Gasteiger partial charge in [-0.25, -0.2) is 4.79 Å². The summed E-state index contributed by atoms with van der Waals surface area (Å²) in [6, 6.07) is 6.43. The minimum absolute atomic E-state index is 0.294. The van der Waals surface area contributed by atoms with Crippen molar-refractivity contribution in [2.75, 3.05) is 19.7 Å². The van der Waals surface area contributed by atoms with Crippen molar-refractivity contribution in [3.05, 3.63) is 34.9 Å². The van der Waals surface area contributed by atoms with E-state index >= 15 is 0 Å². The van der Waals surface area contributed by atoms with Gasteiger partial charge in [0.1, 0.15) is 0 Å². The van der Waals surface area contributed by atoms with E-state index in [1.54, 1.807) is 16.7 Å². The quantitative estimate of drug-likeness (QED) is 0.858. The van der Waals surface area contributed by atoms with Crippen LogP contribution in [0.2, 0.25) is 0 Å². The number of carbonyl (C=O) groups excluding carboxylic acids is 1. The lowest BCUT2D eigenvalue weighted by atomic mass is 10.1. The Morgan fingerprint density at radius 1 is 1.45 bits per heavy atom. The molecular weight excluding hydrogens is 272 g/mol. The summed E-state index contributed by atoms with van der Waals surface area (Å²) < 4.78 is 5.04. The number of hydrogen-bond donors (Lipinski definition) is 0. The Morgan fingerprint density at radius 3 is 3.00 bits per heavy atom. The van der Waals surface area contributed by atoms with Gasteiger partial charge < -0.3 is 4.74 Å². The number of rotatable bonds is 3. The average Bonchev–Trinajstić information content (AvgIpc) is 2.88. The van der Waals surface area contributed by atoms with Gasteiger partial charge >= 0.3 is 6.09 Å². The Balaban J connectivity index is 1.99. The number of carbonyl (C=O) groups is 1. The fraction of sp³-hybridized carbons (Fsp3) is 0.467. The van der Waals surface area contributed by atoms with Crippen LogP contribution in [-0.4, -0.2) is 35.9 Å². The third kappa shape index (κ3) is 3.54. The lowest BCUT2D eigenvalue weighted by Crippen LogP contribution is -2.33. The third-order valence-electron chi connectivity index (χ3n) is 3.15. The maximum Gasteiger partial charge on any atom is 0.415 e. The van der Waals surface area contributed by atoms with Crippen LogP contribution in [0.15, 0.2) is 23.2 Å². The smallest absolute Gasteiger partial charge is 0.415 e. The summed E-state index contributed by atoms with van der Waals surface area (Å²) in [5.41, 5.74) is 3.81. The molecule has 20 heavy (non-hydrogen) atoms. The van der Waals surface area contributed by atoms with E-state index in [1.807, 2.05) is 6.92 Å². The number of nitrogens with zero attached hydrogens (tertiary/aromatic N) is 2. The first kappa shape index (κ1) is 14.9. The molecule has 1 aromatic carbocycles. The Labute approximate surface area is 124 Å². The first-order valence-electron chi connectivity index (χ1n) is 6.79. The summed E-state index contributed by atoms with van der Waals surface area (Å²) >= 11 is 1.60. The summed E-state index contributed by atoms with van der Waals surface area (Å²) in [5, 5.41) is 0.768. The normalized spacial score (nSPS) is 14.3. The van der Waals surface area contributed by atoms with Crippen LogP contribution in [0.4, 0.5) is 4.79 Å². The number of amides is 1. The monoisotopic (exact) mass is 292 g/mol. The van der Waals surface area contributed by atoms with E-state index in [0.29, 0.717) is 19.7 Å². The second kappa shape index (κ2) is 6.79. The molecule has 5 heteroatoms. The molecule has 1 aliphatic heterocycles. The fourth-order valence-corrected chi connectivity index (χ4v) is 3.12. The molecule has 1 aromatic rings. The SMILES string of the molecule is CCOC(=O)N1CCN=C1SCc1cc(C)ccc1C. The van der Waals surface area contributed by atoms with E-state index in [1.165, 1.54) is 16.7 Å². The van der Waals surface area contributed by atoms with Crippen molar-refractivity contribution in [2.24, 2.45) is 4.99 Å². The number of aliphatic imine (C=N–C) groups is 1. The second-order valence-corrected chi connectivity index (χ2v) is 5.68. The van der Waals surface area contributed by atoms with Crippen molar-refractivity contribution < 1.29 is 9.53 Å². The summed E-state index contributed by atoms with van der Waals surface area (Å²) in [4.78, 5) is 17.8. The van der Waals surface area contributed by atoms with Crippen molar-refractivity contribution in [1.29, 1.82) is 0 Å². The number of aryl methyl sites for hydroxylation is 2. The first-order valence-corrected chi connectivity index (χ1v) is 7.78. The third-order valence-corrected chi connectivity index (χ3v) is 4.21. The predicted octanol–water partition coefficient (Wildman–Crippen LogP) is 3.36. The van der Waals surface area contributed by atoms with Gasteiger partial charge in [0.25, 0.3) is 0 Å². The molecule has 0 atom stereocenters. The summed E-state index contributed by atoms with van der Waals surface area (Å²) in [6.07, 6.45) is -0.294. The van der Waals surface area contributed by atoms with Gasteiger partial charge in [-0.2, -0.15) is 0 Å². The maximum atomic E-state index is 11.8. The highest BCUT2D eigenvalue weighted by Crippen LogP contribution is 2.22. The topological polar surface area (TPSA) is 41.9 Å². The number of ether oxygens (including phenoxy) is 1. The first-order chi connectivity index (χ1) is 9.61. The van der Waals surface area contributed by atoms with Gasteiger partial charge in [-0.1, -0.05) is 35.5 Å². The second-order valence-electron chi connectivity index (χ2n) is 4.73. The Morgan fingerprint density at radius 2 is 2.25 bits per heavy atom. The molecule has 0 aliphatic carbocycles. The molecule has 0 bridgehead atoms. The highest BCUT2D eigenvalue weighted by atomic mass is 32.2. The average molecular weight is 292 g/mol. The molecule has 0 radical (unpaired) electrons. The van der Waals surface area contributed by atoms with Gasteiger partial charge in [-0.05, 0) is 31.9 Å². The zero-order valence-electron chi connectivity index (χ0n) is 12.2. The van der Waals surface area contributed by atoms with Gasteiger partial charge in [-0.3, -0.25) is 9.89 Å². The van der Waals surface area contributed by atoms with Gasteiger partial charge in [0.2, 0.25) is 0 Å². The van der Waals surface area contributed by atoms with Crippen LogP contribution >= 0.6 is 11.8 Å². The van der Waals surface area contributed by atoms with E-state index in [-0.39, 0.29) is 6.09 Å². The largest absolute Gasteiger partial charge is 0.449 e. The Hall–Kier alpha value is -1.49. The molecule has 2 rings (SSSR count). The van der Waals surface area contributed by atoms with Gasteiger partial charge in [0.05, 0.1) is 19.7 Å². The van der Waals surface area contributed by atoms with E-state index in [2.05, 4.69) is 37.0 Å². The van der Waals surface area contributed by atoms with Crippen LogP contribution in [0.3, 0.4) is 0 Å². The van der Waals surface area contributed by atoms with Crippen LogP contribution in [0.5, 0.6) is 0 Å². The maximum absolute atomic E-state index is 11.8. The summed E-state index contributed by atoms with van der Waals surface area (Å²) in [5.74, 6) is 0.822. The lowest BCUT2D eigenvalue weighted by molar-refractivity contribution is 0.131. The standard InChI is InChI=1S/C15H20N2O2S/c1-4-19-15(18)17-8-7-16-14(17)20-10-13-9-11(2)5-6-12(13)3/h5-6,9H,4,7-8,10H2,1-3H3. The number of benzene rings is 1. The van der Waals surface area contributed by atoms with Gasteiger partial charge in [0.15, 0.2) is 5.17 Å². The zero-order chi connectivity index (χ0) is 14.5. The number of thioether (sulfide) groups is 1. The minimum Gasteiger partial charge on any atom is -0.449 e. The molecule has 0 unspecified atom stereocenters. The van der Waals surface area contributed by atoms with Crippen LogP contribution < -0.4 is 0 Å². The van der Waals surface area contributed by atoms with Crippen LogP contribution in [-0.2, 0) is 10.5 Å². The van der Waals surface area contributed by atoms with Gasteiger partial charge in [-0.15, -0.1) is 0 Å². The van der Waals surface area contributed by atoms with E-state index in [4.69, 9.17) is 4.74 Å². The fourth-order valence-electron chi connectivity index (χ4n) is 2.02. The molecule has 1 aliphatic rings. The number of amidine groups is 1. The van der Waals surface area contributed by atoms with Crippen molar-refractivity contribution >= 4 is 23.0 Å². The lowest BCUT2D eigenvalue weighted by Gasteiger charge is -2.17. The molecule has 108 valence electrons. The minimum atomic E-state index is -0.294. The molecule has 0 N–H and O–H groups in total. The molecule has 0 fully saturated rings. The summed E-state index contributed by atoms with van der Waals surface area (Å²) in [7, 11) is 0. The van der Waals surface area contributed by atoms with Crippen LogP contribution in [0.25, 0.3) is 0 Å². The molecule has 1 heterocycles. The number of hydrogen-bond acceptors (Lipinski definition) is 4. The molecule has 0 aromatic heterocycles. The van der Waals surface area contributed by atoms with Gasteiger partial charge in [0, 0.05) is 5.75 Å². The predicted molar refractivity (Wildman–Crippen MR) is 83.2 cm³/mol. The van der Waals surface area contributed by atoms with Crippen molar-refractivity contribution in [2.45, 2.75) is 26.5 Å².